The van der Waals surface area contributed by atoms with Gasteiger partial charge in [-0.15, -0.1) is 0 Å². The van der Waals surface area contributed by atoms with Crippen molar-refractivity contribution in [1.29, 1.82) is 0 Å². The molecule has 0 aromatic heterocycles. The summed E-state index contributed by atoms with van der Waals surface area (Å²) in [5.41, 5.74) is 2.01. The fourth-order valence-corrected chi connectivity index (χ4v) is 2.45. The van der Waals surface area contributed by atoms with E-state index >= 15 is 0 Å². The minimum atomic E-state index is -0.629. The molecule has 0 radical (unpaired) electrons. The van der Waals surface area contributed by atoms with E-state index in [1.807, 2.05) is 60.7 Å². The van der Waals surface area contributed by atoms with Crippen molar-refractivity contribution in [1.82, 2.24) is 10.6 Å². The van der Waals surface area contributed by atoms with Crippen molar-refractivity contribution < 1.29 is 14.6 Å². The number of urea groups is 1. The van der Waals surface area contributed by atoms with Crippen LogP contribution in [0.25, 0.3) is 0 Å². The van der Waals surface area contributed by atoms with Gasteiger partial charge in [-0.05, 0) is 11.1 Å². The molecule has 0 fully saturated rings. The average molecular weight is 328 g/mol. The van der Waals surface area contributed by atoms with Crippen molar-refractivity contribution in [3.8, 4) is 0 Å². The Balaban J connectivity index is 1.80. The van der Waals surface area contributed by atoms with Crippen LogP contribution in [-0.2, 0) is 11.2 Å². The van der Waals surface area contributed by atoms with Gasteiger partial charge in [0.25, 0.3) is 0 Å². The van der Waals surface area contributed by atoms with Gasteiger partial charge in [0.05, 0.1) is 18.8 Å². The zero-order valence-corrected chi connectivity index (χ0v) is 13.8. The number of ether oxygens (including phenoxy) is 1. The molecule has 2 unspecified atom stereocenters. The molecule has 24 heavy (non-hydrogen) atoms. The third-order valence-corrected chi connectivity index (χ3v) is 3.65. The van der Waals surface area contributed by atoms with E-state index in [0.717, 1.165) is 11.1 Å². The number of carbonyl (C=O) groups is 1. The van der Waals surface area contributed by atoms with Crippen LogP contribution in [0.15, 0.2) is 60.7 Å². The molecule has 0 bridgehead atoms. The number of amides is 2. The first kappa shape index (κ1) is 18.0. The summed E-state index contributed by atoms with van der Waals surface area (Å²) in [5, 5.41) is 15.6. The molecule has 2 aromatic carbocycles. The maximum atomic E-state index is 12.1. The molecular weight excluding hydrogens is 304 g/mol. The first-order chi connectivity index (χ1) is 11.7. The maximum Gasteiger partial charge on any atom is 0.315 e. The minimum absolute atomic E-state index is 0.190. The molecule has 5 nitrogen and oxygen atoms in total. The highest BCUT2D eigenvalue weighted by Gasteiger charge is 2.15. The number of nitrogens with one attached hydrogen (secondary N) is 2. The lowest BCUT2D eigenvalue weighted by molar-refractivity contribution is 0.158. The number of rotatable bonds is 8. The molecule has 0 saturated carbocycles. The Morgan fingerprint density at radius 1 is 1.08 bits per heavy atom. The molecular formula is C19H24N2O3. The molecule has 2 aromatic rings. The minimum Gasteiger partial charge on any atom is -0.391 e. The fraction of sp³-hybridized carbons (Fsp3) is 0.316. The van der Waals surface area contributed by atoms with E-state index in [2.05, 4.69) is 10.6 Å². The number of benzene rings is 2. The van der Waals surface area contributed by atoms with Gasteiger partial charge in [0.15, 0.2) is 0 Å². The third kappa shape index (κ3) is 6.02. The Morgan fingerprint density at radius 3 is 2.33 bits per heavy atom. The summed E-state index contributed by atoms with van der Waals surface area (Å²) < 4.78 is 5.17. The third-order valence-electron chi connectivity index (χ3n) is 3.65. The van der Waals surface area contributed by atoms with Crippen molar-refractivity contribution >= 4 is 6.03 Å². The lowest BCUT2D eigenvalue weighted by Crippen LogP contribution is -2.42. The zero-order chi connectivity index (χ0) is 17.2. The maximum absolute atomic E-state index is 12.1. The number of methoxy groups -OCH3 is 1. The second-order valence-electron chi connectivity index (χ2n) is 5.62. The molecule has 0 saturated heterocycles. The van der Waals surface area contributed by atoms with Gasteiger partial charge >= 0.3 is 6.03 Å². The van der Waals surface area contributed by atoms with E-state index in [-0.39, 0.29) is 18.6 Å². The molecule has 0 spiro atoms. The predicted molar refractivity (Wildman–Crippen MR) is 93.7 cm³/mol. The number of aliphatic hydroxyl groups is 1. The largest absolute Gasteiger partial charge is 0.391 e. The molecule has 0 aliphatic rings. The van der Waals surface area contributed by atoms with Crippen LogP contribution in [0.5, 0.6) is 0 Å². The van der Waals surface area contributed by atoms with E-state index < -0.39 is 6.10 Å². The molecule has 128 valence electrons. The average Bonchev–Trinajstić information content (AvgIpc) is 2.61. The van der Waals surface area contributed by atoms with Crippen molar-refractivity contribution in [2.45, 2.75) is 18.6 Å². The van der Waals surface area contributed by atoms with Crippen LogP contribution in [0.3, 0.4) is 0 Å². The first-order valence-corrected chi connectivity index (χ1v) is 7.99. The second kappa shape index (κ2) is 9.70. The van der Waals surface area contributed by atoms with Gasteiger partial charge in [0.2, 0.25) is 0 Å². The van der Waals surface area contributed by atoms with Crippen LogP contribution in [0.2, 0.25) is 0 Å². The van der Waals surface area contributed by atoms with E-state index in [1.54, 1.807) is 7.11 Å². The highest BCUT2D eigenvalue weighted by atomic mass is 16.5. The molecule has 3 N–H and O–H groups in total. The smallest absolute Gasteiger partial charge is 0.315 e. The summed E-state index contributed by atoms with van der Waals surface area (Å²) in [7, 11) is 1.60. The Morgan fingerprint density at radius 2 is 1.71 bits per heavy atom. The monoisotopic (exact) mass is 328 g/mol. The van der Waals surface area contributed by atoms with Gasteiger partial charge in [0, 0.05) is 20.1 Å². The first-order valence-electron chi connectivity index (χ1n) is 7.99. The van der Waals surface area contributed by atoms with Crippen LogP contribution >= 0.6 is 0 Å². The van der Waals surface area contributed by atoms with Gasteiger partial charge < -0.3 is 20.5 Å². The van der Waals surface area contributed by atoms with Crippen LogP contribution in [0.4, 0.5) is 4.79 Å². The second-order valence-corrected chi connectivity index (χ2v) is 5.62. The number of aliphatic hydroxyl groups excluding tert-OH is 1. The molecule has 0 aliphatic carbocycles. The standard InChI is InChI=1S/C19H24N2O3/c1-24-14-18(16-10-6-3-7-11-16)21-19(23)20-13-17(22)12-15-8-4-2-5-9-15/h2-11,17-18,22H,12-14H2,1H3,(H2,20,21,23). The quantitative estimate of drug-likeness (QED) is 0.696. The van der Waals surface area contributed by atoms with Gasteiger partial charge in [-0.2, -0.15) is 0 Å². The molecule has 2 amide bonds. The van der Waals surface area contributed by atoms with Crippen LogP contribution in [0.1, 0.15) is 17.2 Å². The van der Waals surface area contributed by atoms with E-state index in [1.165, 1.54) is 0 Å². The normalized spacial score (nSPS) is 13.1. The van der Waals surface area contributed by atoms with Gasteiger partial charge in [-0.3, -0.25) is 0 Å². The van der Waals surface area contributed by atoms with Crippen molar-refractivity contribution in [3.05, 3.63) is 71.8 Å². The number of hydrogen-bond acceptors (Lipinski definition) is 3. The summed E-state index contributed by atoms with van der Waals surface area (Å²) in [5.74, 6) is 0. The Kier molecular flexibility index (Phi) is 7.26. The van der Waals surface area contributed by atoms with Crippen LogP contribution < -0.4 is 10.6 Å². The Hall–Kier alpha value is -2.37. The van der Waals surface area contributed by atoms with E-state index in [9.17, 15) is 9.90 Å². The summed E-state index contributed by atoms with van der Waals surface area (Å²) in [6.45, 7) is 0.569. The molecule has 5 heteroatoms. The molecule has 0 aliphatic heterocycles. The van der Waals surface area contributed by atoms with Crippen molar-refractivity contribution in [3.63, 3.8) is 0 Å². The van der Waals surface area contributed by atoms with Gasteiger partial charge in [0.1, 0.15) is 0 Å². The Labute approximate surface area is 142 Å². The summed E-state index contributed by atoms with van der Waals surface area (Å²) >= 11 is 0. The SMILES string of the molecule is COCC(NC(=O)NCC(O)Cc1ccccc1)c1ccccc1. The highest BCUT2D eigenvalue weighted by molar-refractivity contribution is 5.74. The summed E-state index contributed by atoms with van der Waals surface area (Å²) in [6, 6.07) is 18.8. The molecule has 0 heterocycles. The van der Waals surface area contributed by atoms with Crippen LogP contribution in [-0.4, -0.2) is 37.5 Å². The van der Waals surface area contributed by atoms with E-state index in [4.69, 9.17) is 4.74 Å². The van der Waals surface area contributed by atoms with Crippen molar-refractivity contribution in [2.24, 2.45) is 0 Å². The summed E-state index contributed by atoms with van der Waals surface area (Å²) in [6.07, 6.45) is -0.128. The predicted octanol–water partition coefficient (Wildman–Crippen LogP) is 2.28. The summed E-state index contributed by atoms with van der Waals surface area (Å²) in [4.78, 5) is 12.1. The topological polar surface area (TPSA) is 70.6 Å². The van der Waals surface area contributed by atoms with Gasteiger partial charge in [-0.1, -0.05) is 60.7 Å². The number of hydrogen-bond donors (Lipinski definition) is 3. The highest BCUT2D eigenvalue weighted by Crippen LogP contribution is 2.12. The van der Waals surface area contributed by atoms with Gasteiger partial charge in [-0.25, -0.2) is 4.79 Å². The molecule has 2 rings (SSSR count). The van der Waals surface area contributed by atoms with Crippen LogP contribution in [0, 0.1) is 0 Å². The molecule has 2 atom stereocenters. The van der Waals surface area contributed by atoms with E-state index in [0.29, 0.717) is 13.0 Å². The Bertz CT molecular complexity index is 605. The lowest BCUT2D eigenvalue weighted by Gasteiger charge is -2.19. The number of carbonyl (C=O) groups excluding carboxylic acids is 1. The fourth-order valence-electron chi connectivity index (χ4n) is 2.45. The zero-order valence-electron chi connectivity index (χ0n) is 13.8. The van der Waals surface area contributed by atoms with Crippen molar-refractivity contribution in [2.75, 3.05) is 20.3 Å². The lowest BCUT2D eigenvalue weighted by atomic mass is 10.1.